The predicted molar refractivity (Wildman–Crippen MR) is 69.3 cm³/mol. The number of amides is 1. The van der Waals surface area contributed by atoms with Crippen molar-refractivity contribution in [3.8, 4) is 0 Å². The first-order valence-electron chi connectivity index (χ1n) is 6.09. The minimum absolute atomic E-state index is 0.0472. The molecule has 1 aromatic rings. The maximum absolute atomic E-state index is 11.4. The highest BCUT2D eigenvalue weighted by Gasteiger charge is 2.13. The number of carbonyl (C=O) groups is 1. The molecule has 1 aliphatic heterocycles. The fourth-order valence-corrected chi connectivity index (χ4v) is 2.06. The van der Waals surface area contributed by atoms with E-state index in [-0.39, 0.29) is 5.91 Å². The summed E-state index contributed by atoms with van der Waals surface area (Å²) in [5.41, 5.74) is 1.75. The van der Waals surface area contributed by atoms with Gasteiger partial charge in [-0.15, -0.1) is 0 Å². The van der Waals surface area contributed by atoms with Crippen molar-refractivity contribution in [3.05, 3.63) is 29.8 Å². The Hall–Kier alpha value is -1.55. The maximum Gasteiger partial charge on any atom is 0.251 e. The Balaban J connectivity index is 1.87. The van der Waals surface area contributed by atoms with Gasteiger partial charge in [-0.3, -0.25) is 4.79 Å². The second kappa shape index (κ2) is 5.68. The minimum atomic E-state index is -0.0472. The lowest BCUT2D eigenvalue weighted by atomic mass is 10.2. The van der Waals surface area contributed by atoms with E-state index in [0.717, 1.165) is 18.8 Å². The minimum Gasteiger partial charge on any atom is -0.383 e. The van der Waals surface area contributed by atoms with E-state index in [9.17, 15) is 4.79 Å². The van der Waals surface area contributed by atoms with Crippen molar-refractivity contribution >= 4 is 11.6 Å². The summed E-state index contributed by atoms with van der Waals surface area (Å²) in [6.45, 7) is 2.07. The topological polar surface area (TPSA) is 53.2 Å². The molecule has 1 aliphatic rings. The molecule has 1 aromatic carbocycles. The average Bonchev–Trinajstić information content (AvgIpc) is 2.89. The fourth-order valence-electron chi connectivity index (χ4n) is 2.06. The third-order valence-corrected chi connectivity index (χ3v) is 3.09. The zero-order valence-corrected chi connectivity index (χ0v) is 10.1. The monoisotopic (exact) mass is 233 g/mol. The van der Waals surface area contributed by atoms with Crippen LogP contribution < -0.4 is 16.0 Å². The molecule has 0 saturated carbocycles. The van der Waals surface area contributed by atoms with E-state index >= 15 is 0 Å². The number of hydrogen-bond donors (Lipinski definition) is 3. The van der Waals surface area contributed by atoms with Crippen LogP contribution >= 0.6 is 0 Å². The predicted octanol–water partition coefficient (Wildman–Crippen LogP) is 1.21. The summed E-state index contributed by atoms with van der Waals surface area (Å²) in [4.78, 5) is 11.4. The van der Waals surface area contributed by atoms with Crippen LogP contribution in [0.1, 0.15) is 23.2 Å². The van der Waals surface area contributed by atoms with Gasteiger partial charge in [-0.1, -0.05) is 0 Å². The number of nitrogens with one attached hydrogen (secondary N) is 3. The first-order valence-corrected chi connectivity index (χ1v) is 6.09. The van der Waals surface area contributed by atoms with E-state index in [4.69, 9.17) is 0 Å². The van der Waals surface area contributed by atoms with Crippen LogP contribution in [0.3, 0.4) is 0 Å². The lowest BCUT2D eigenvalue weighted by molar-refractivity contribution is 0.0963. The molecule has 0 aliphatic carbocycles. The summed E-state index contributed by atoms with van der Waals surface area (Å²) < 4.78 is 0. The molecule has 17 heavy (non-hydrogen) atoms. The molecule has 1 heterocycles. The molecule has 1 saturated heterocycles. The molecule has 0 bridgehead atoms. The summed E-state index contributed by atoms with van der Waals surface area (Å²) in [5.74, 6) is -0.0472. The Morgan fingerprint density at radius 2 is 2.18 bits per heavy atom. The van der Waals surface area contributed by atoms with Gasteiger partial charge < -0.3 is 16.0 Å². The van der Waals surface area contributed by atoms with Crippen molar-refractivity contribution < 1.29 is 4.79 Å². The first-order chi connectivity index (χ1) is 8.29. The highest BCUT2D eigenvalue weighted by atomic mass is 16.1. The molecular formula is C13H19N3O. The number of anilines is 1. The van der Waals surface area contributed by atoms with Gasteiger partial charge in [-0.25, -0.2) is 0 Å². The SMILES string of the molecule is CNC(=O)c1ccc(NCC2CCCN2)cc1. The van der Waals surface area contributed by atoms with Gasteiger partial charge in [0.2, 0.25) is 0 Å². The third kappa shape index (κ3) is 3.20. The first kappa shape index (κ1) is 11.9. The van der Waals surface area contributed by atoms with Crippen molar-refractivity contribution in [2.24, 2.45) is 0 Å². The zero-order valence-electron chi connectivity index (χ0n) is 10.1. The van der Waals surface area contributed by atoms with E-state index < -0.39 is 0 Å². The van der Waals surface area contributed by atoms with E-state index in [2.05, 4.69) is 16.0 Å². The highest BCUT2D eigenvalue weighted by molar-refractivity contribution is 5.94. The Labute approximate surface area is 102 Å². The van der Waals surface area contributed by atoms with Gasteiger partial charge in [0.25, 0.3) is 5.91 Å². The van der Waals surface area contributed by atoms with E-state index in [1.165, 1.54) is 12.8 Å². The normalized spacial score (nSPS) is 19.0. The third-order valence-electron chi connectivity index (χ3n) is 3.09. The van der Waals surface area contributed by atoms with Gasteiger partial charge >= 0.3 is 0 Å². The molecule has 4 heteroatoms. The van der Waals surface area contributed by atoms with Crippen LogP contribution in [0.5, 0.6) is 0 Å². The van der Waals surface area contributed by atoms with Crippen LogP contribution in [0.2, 0.25) is 0 Å². The molecular weight excluding hydrogens is 214 g/mol. The van der Waals surface area contributed by atoms with Gasteiger partial charge in [0.1, 0.15) is 0 Å². The molecule has 1 unspecified atom stereocenters. The van der Waals surface area contributed by atoms with E-state index in [0.29, 0.717) is 11.6 Å². The van der Waals surface area contributed by atoms with Crippen molar-refractivity contribution in [3.63, 3.8) is 0 Å². The second-order valence-electron chi connectivity index (χ2n) is 4.33. The van der Waals surface area contributed by atoms with Crippen LogP contribution in [-0.2, 0) is 0 Å². The van der Waals surface area contributed by atoms with E-state index in [1.807, 2.05) is 24.3 Å². The quantitative estimate of drug-likeness (QED) is 0.732. The Morgan fingerprint density at radius 3 is 2.76 bits per heavy atom. The average molecular weight is 233 g/mol. The van der Waals surface area contributed by atoms with Crippen LogP contribution in [0.4, 0.5) is 5.69 Å². The Morgan fingerprint density at radius 1 is 1.41 bits per heavy atom. The molecule has 0 spiro atoms. The lowest BCUT2D eigenvalue weighted by Gasteiger charge is -2.12. The van der Waals surface area contributed by atoms with Crippen LogP contribution in [0.15, 0.2) is 24.3 Å². The molecule has 1 atom stereocenters. The van der Waals surface area contributed by atoms with E-state index in [1.54, 1.807) is 7.05 Å². The number of carbonyl (C=O) groups excluding carboxylic acids is 1. The maximum atomic E-state index is 11.4. The summed E-state index contributed by atoms with van der Waals surface area (Å²) in [6, 6.07) is 8.14. The number of rotatable bonds is 4. The highest BCUT2D eigenvalue weighted by Crippen LogP contribution is 2.11. The molecule has 1 fully saturated rings. The molecule has 1 amide bonds. The standard InChI is InChI=1S/C13H19N3O/c1-14-13(17)10-4-6-11(7-5-10)16-9-12-3-2-8-15-12/h4-7,12,15-16H,2-3,8-9H2,1H3,(H,14,17). The van der Waals surface area contributed by atoms with Gasteiger partial charge in [0.05, 0.1) is 0 Å². The Kier molecular flexibility index (Phi) is 3.98. The van der Waals surface area contributed by atoms with Crippen LogP contribution in [0, 0.1) is 0 Å². The van der Waals surface area contributed by atoms with Crippen LogP contribution in [0.25, 0.3) is 0 Å². The lowest BCUT2D eigenvalue weighted by Crippen LogP contribution is -2.29. The van der Waals surface area contributed by atoms with Gasteiger partial charge in [0, 0.05) is 30.9 Å². The second-order valence-corrected chi connectivity index (χ2v) is 4.33. The van der Waals surface area contributed by atoms with Crippen molar-refractivity contribution in [1.29, 1.82) is 0 Å². The molecule has 0 radical (unpaired) electrons. The van der Waals surface area contributed by atoms with Gasteiger partial charge in [0.15, 0.2) is 0 Å². The van der Waals surface area contributed by atoms with Crippen LogP contribution in [-0.4, -0.2) is 32.1 Å². The zero-order chi connectivity index (χ0) is 12.1. The van der Waals surface area contributed by atoms with Gasteiger partial charge in [-0.2, -0.15) is 0 Å². The van der Waals surface area contributed by atoms with Crippen molar-refractivity contribution in [2.75, 3.05) is 25.5 Å². The summed E-state index contributed by atoms with van der Waals surface area (Å²) >= 11 is 0. The molecule has 2 rings (SSSR count). The summed E-state index contributed by atoms with van der Waals surface area (Å²) in [7, 11) is 1.64. The largest absolute Gasteiger partial charge is 0.383 e. The number of benzene rings is 1. The molecule has 0 aromatic heterocycles. The fraction of sp³-hybridized carbons (Fsp3) is 0.462. The summed E-state index contributed by atoms with van der Waals surface area (Å²) in [6.07, 6.45) is 2.51. The van der Waals surface area contributed by atoms with Gasteiger partial charge in [-0.05, 0) is 43.7 Å². The molecule has 3 N–H and O–H groups in total. The Bertz CT molecular complexity index is 369. The molecule has 4 nitrogen and oxygen atoms in total. The van der Waals surface area contributed by atoms with Crippen molar-refractivity contribution in [2.45, 2.75) is 18.9 Å². The summed E-state index contributed by atoms with van der Waals surface area (Å²) in [5, 5.41) is 9.42. The molecule has 92 valence electrons. The number of hydrogen-bond acceptors (Lipinski definition) is 3. The smallest absolute Gasteiger partial charge is 0.251 e. The van der Waals surface area contributed by atoms with Crippen molar-refractivity contribution in [1.82, 2.24) is 10.6 Å².